The zero-order valence-electron chi connectivity index (χ0n) is 19.1. The summed E-state index contributed by atoms with van der Waals surface area (Å²) in [6, 6.07) is 16.0. The van der Waals surface area contributed by atoms with Gasteiger partial charge in [-0.3, -0.25) is 4.79 Å². The van der Waals surface area contributed by atoms with Gasteiger partial charge in [-0.05, 0) is 67.5 Å². The number of aromatic nitrogens is 2. The van der Waals surface area contributed by atoms with E-state index in [4.69, 9.17) is 17.3 Å². The van der Waals surface area contributed by atoms with Gasteiger partial charge in [0.25, 0.3) is 0 Å². The van der Waals surface area contributed by atoms with Crippen LogP contribution in [0.15, 0.2) is 65.7 Å². The first kappa shape index (κ1) is 24.5. The topological polar surface area (TPSA) is 103 Å². The number of nitrogens with zero attached hydrogens (tertiary/aromatic N) is 2. The van der Waals surface area contributed by atoms with Crippen molar-refractivity contribution < 1.29 is 13.2 Å². The Morgan fingerprint density at radius 1 is 1.12 bits per heavy atom. The predicted octanol–water partition coefficient (Wildman–Crippen LogP) is 4.86. The van der Waals surface area contributed by atoms with E-state index in [1.54, 1.807) is 24.4 Å². The second kappa shape index (κ2) is 9.94. The molecule has 34 heavy (non-hydrogen) atoms. The molecule has 0 saturated heterocycles. The van der Waals surface area contributed by atoms with Crippen LogP contribution in [0.25, 0.3) is 11.4 Å². The van der Waals surface area contributed by atoms with Crippen molar-refractivity contribution in [2.24, 2.45) is 11.7 Å². The number of carbonyl (C=O) groups is 1. The summed E-state index contributed by atoms with van der Waals surface area (Å²) >= 11 is 6.21. The van der Waals surface area contributed by atoms with Gasteiger partial charge in [-0.2, -0.15) is 0 Å². The van der Waals surface area contributed by atoms with Gasteiger partial charge in [0.05, 0.1) is 4.90 Å². The Morgan fingerprint density at radius 3 is 2.53 bits per heavy atom. The van der Waals surface area contributed by atoms with Crippen LogP contribution < -0.4 is 5.73 Å². The summed E-state index contributed by atoms with van der Waals surface area (Å²) in [6.07, 6.45) is 6.75. The Hall–Kier alpha value is -2.61. The van der Waals surface area contributed by atoms with Crippen molar-refractivity contribution in [2.45, 2.75) is 42.4 Å². The molecule has 0 aliphatic heterocycles. The van der Waals surface area contributed by atoms with Gasteiger partial charge in [-0.15, -0.1) is 0 Å². The van der Waals surface area contributed by atoms with Gasteiger partial charge in [0, 0.05) is 41.4 Å². The molecule has 0 bridgehead atoms. The molecule has 1 heterocycles. The summed E-state index contributed by atoms with van der Waals surface area (Å²) in [6.45, 7) is 0.551. The van der Waals surface area contributed by atoms with E-state index in [2.05, 4.69) is 16.0 Å². The van der Waals surface area contributed by atoms with Crippen LogP contribution in [-0.4, -0.2) is 37.0 Å². The van der Waals surface area contributed by atoms with Crippen molar-refractivity contribution in [3.05, 3.63) is 77.1 Å². The molecule has 0 atom stereocenters. The van der Waals surface area contributed by atoms with E-state index in [-0.39, 0.29) is 22.0 Å². The van der Waals surface area contributed by atoms with Gasteiger partial charge in [0.2, 0.25) is 0 Å². The van der Waals surface area contributed by atoms with E-state index < -0.39 is 9.84 Å². The molecular formula is C26H28ClN3O3S. The fourth-order valence-corrected chi connectivity index (χ4v) is 5.61. The molecule has 1 aromatic heterocycles. The van der Waals surface area contributed by atoms with Gasteiger partial charge < -0.3 is 5.73 Å². The van der Waals surface area contributed by atoms with Crippen LogP contribution >= 0.6 is 11.6 Å². The molecule has 2 aromatic carbocycles. The quantitative estimate of drug-likeness (QED) is 0.467. The lowest BCUT2D eigenvalue weighted by Gasteiger charge is -2.40. The van der Waals surface area contributed by atoms with Crippen molar-refractivity contribution in [3.63, 3.8) is 0 Å². The smallest absolute Gasteiger partial charge is 0.181 e. The highest BCUT2D eigenvalue weighted by atomic mass is 35.5. The third-order valence-corrected chi connectivity index (χ3v) is 8.17. The maximum absolute atomic E-state index is 13.0. The number of ketones is 1. The number of carbonyl (C=O) groups excluding carboxylic acids is 1. The number of benzene rings is 2. The minimum absolute atomic E-state index is 0.0316. The zero-order chi connectivity index (χ0) is 24.3. The van der Waals surface area contributed by atoms with Crippen molar-refractivity contribution >= 4 is 27.2 Å². The molecule has 1 fully saturated rings. The molecule has 3 aromatic rings. The standard InChI is InChI=1S/C26H28ClN3O3S/c1-34(32,33)22-7-2-4-19(15-22)25-29-13-10-23(30-25)24(31)14-18-8-11-26(17-28,12-9-18)20-5-3-6-21(27)16-20/h2-7,10,13,15-16,18H,8-9,11-12,14,17,28H2,1H3. The lowest BCUT2D eigenvalue weighted by molar-refractivity contribution is 0.0932. The molecule has 178 valence electrons. The maximum atomic E-state index is 13.0. The summed E-state index contributed by atoms with van der Waals surface area (Å²) in [5.74, 6) is 0.567. The second-order valence-electron chi connectivity index (χ2n) is 9.13. The number of hydrogen-bond donors (Lipinski definition) is 1. The van der Waals surface area contributed by atoms with Crippen LogP contribution in [0.2, 0.25) is 5.02 Å². The number of hydrogen-bond acceptors (Lipinski definition) is 6. The summed E-state index contributed by atoms with van der Waals surface area (Å²) in [5.41, 5.74) is 8.18. The fraction of sp³-hybridized carbons (Fsp3) is 0.346. The molecule has 0 amide bonds. The molecule has 1 aliphatic rings. The Labute approximate surface area is 205 Å². The molecule has 2 N–H and O–H groups in total. The minimum atomic E-state index is -3.35. The molecule has 6 nitrogen and oxygen atoms in total. The molecule has 1 aliphatic carbocycles. The Kier molecular flexibility index (Phi) is 7.17. The first-order chi connectivity index (χ1) is 16.2. The first-order valence-corrected chi connectivity index (χ1v) is 13.6. The highest BCUT2D eigenvalue weighted by Gasteiger charge is 2.36. The third kappa shape index (κ3) is 5.37. The van der Waals surface area contributed by atoms with E-state index in [0.717, 1.165) is 31.9 Å². The molecule has 0 unspecified atom stereocenters. The third-order valence-electron chi connectivity index (χ3n) is 6.83. The lowest BCUT2D eigenvalue weighted by atomic mass is 9.66. The molecule has 0 spiro atoms. The Morgan fingerprint density at radius 2 is 1.85 bits per heavy atom. The van der Waals surface area contributed by atoms with Gasteiger partial charge in [0.15, 0.2) is 21.4 Å². The van der Waals surface area contributed by atoms with Crippen molar-refractivity contribution in [3.8, 4) is 11.4 Å². The average molecular weight is 498 g/mol. The maximum Gasteiger partial charge on any atom is 0.181 e. The van der Waals surface area contributed by atoms with Crippen LogP contribution in [0.4, 0.5) is 0 Å². The number of Topliss-reactive ketones (excluding diaryl/α,β-unsaturated/α-hetero) is 1. The van der Waals surface area contributed by atoms with E-state index in [0.29, 0.717) is 35.1 Å². The monoisotopic (exact) mass is 497 g/mol. The highest BCUT2D eigenvalue weighted by molar-refractivity contribution is 7.90. The molecule has 0 radical (unpaired) electrons. The van der Waals surface area contributed by atoms with Crippen LogP contribution in [0.1, 0.15) is 48.2 Å². The molecule has 1 saturated carbocycles. The number of sulfone groups is 1. The normalized spacial score (nSPS) is 20.7. The zero-order valence-corrected chi connectivity index (χ0v) is 20.6. The second-order valence-corrected chi connectivity index (χ2v) is 11.6. The van der Waals surface area contributed by atoms with Gasteiger partial charge >= 0.3 is 0 Å². The number of nitrogens with two attached hydrogens (primary N) is 1. The SMILES string of the molecule is CS(=O)(=O)c1cccc(-c2nccc(C(=O)CC3CCC(CN)(c4cccc(Cl)c4)CC3)n2)c1. The Balaban J connectivity index is 1.45. The van der Waals surface area contributed by atoms with Crippen LogP contribution in [-0.2, 0) is 15.3 Å². The van der Waals surface area contributed by atoms with E-state index >= 15 is 0 Å². The largest absolute Gasteiger partial charge is 0.330 e. The first-order valence-electron chi connectivity index (χ1n) is 11.3. The summed E-state index contributed by atoms with van der Waals surface area (Å²) in [5, 5.41) is 0.712. The number of rotatable bonds is 7. The van der Waals surface area contributed by atoms with Crippen molar-refractivity contribution in [1.82, 2.24) is 9.97 Å². The molecule has 8 heteroatoms. The predicted molar refractivity (Wildman–Crippen MR) is 134 cm³/mol. The summed E-state index contributed by atoms with van der Waals surface area (Å²) < 4.78 is 23.8. The fourth-order valence-electron chi connectivity index (χ4n) is 4.75. The minimum Gasteiger partial charge on any atom is -0.330 e. The van der Waals surface area contributed by atoms with Crippen LogP contribution in [0.5, 0.6) is 0 Å². The van der Waals surface area contributed by atoms with Crippen LogP contribution in [0.3, 0.4) is 0 Å². The molecular weight excluding hydrogens is 470 g/mol. The summed E-state index contributed by atoms with van der Waals surface area (Å²) in [4.78, 5) is 21.9. The lowest BCUT2D eigenvalue weighted by Crippen LogP contribution is -2.39. The number of halogens is 1. The highest BCUT2D eigenvalue weighted by Crippen LogP contribution is 2.42. The van der Waals surface area contributed by atoms with E-state index in [1.165, 1.54) is 17.7 Å². The Bertz CT molecular complexity index is 1300. The van der Waals surface area contributed by atoms with E-state index in [9.17, 15) is 13.2 Å². The average Bonchev–Trinajstić information content (AvgIpc) is 2.84. The van der Waals surface area contributed by atoms with Gasteiger partial charge in [-0.25, -0.2) is 18.4 Å². The molecule has 4 rings (SSSR count). The van der Waals surface area contributed by atoms with Crippen molar-refractivity contribution in [1.29, 1.82) is 0 Å². The summed E-state index contributed by atoms with van der Waals surface area (Å²) in [7, 11) is -3.35. The van der Waals surface area contributed by atoms with E-state index in [1.807, 2.05) is 18.2 Å². The van der Waals surface area contributed by atoms with Gasteiger partial charge in [-0.1, -0.05) is 35.9 Å². The van der Waals surface area contributed by atoms with Gasteiger partial charge in [0.1, 0.15) is 5.69 Å². The van der Waals surface area contributed by atoms with Crippen LogP contribution in [0, 0.1) is 5.92 Å². The van der Waals surface area contributed by atoms with Crippen molar-refractivity contribution in [2.75, 3.05) is 12.8 Å².